The quantitative estimate of drug-likeness (QED) is 0.766. The van der Waals surface area contributed by atoms with E-state index in [0.29, 0.717) is 5.92 Å². The first-order valence-corrected chi connectivity index (χ1v) is 5.91. The largest absolute Gasteiger partial charge is 0.233 e. The van der Waals surface area contributed by atoms with Crippen LogP contribution in [0.3, 0.4) is 0 Å². The summed E-state index contributed by atoms with van der Waals surface area (Å²) in [4.78, 5) is 0. The van der Waals surface area contributed by atoms with E-state index in [9.17, 15) is 0 Å². The van der Waals surface area contributed by atoms with Crippen LogP contribution in [0.25, 0.3) is 18.3 Å². The van der Waals surface area contributed by atoms with Crippen LogP contribution in [-0.2, 0) is 0 Å². The lowest BCUT2D eigenvalue weighted by Gasteiger charge is -2.00. The van der Waals surface area contributed by atoms with Crippen LogP contribution in [0.1, 0.15) is 19.5 Å². The summed E-state index contributed by atoms with van der Waals surface area (Å²) in [5, 5.41) is 6.67. The predicted octanol–water partition coefficient (Wildman–Crippen LogP) is 2.03. The summed E-state index contributed by atoms with van der Waals surface area (Å²) in [6, 6.07) is 10.1. The van der Waals surface area contributed by atoms with Crippen molar-refractivity contribution in [3.8, 4) is 5.69 Å². The van der Waals surface area contributed by atoms with Gasteiger partial charge in [-0.3, -0.25) is 0 Å². The SMILES string of the molecule is C=c1/c(=C\C(C)C)c(C)nn1-c1ccccc1. The van der Waals surface area contributed by atoms with Crippen molar-refractivity contribution in [2.24, 2.45) is 5.92 Å². The Morgan fingerprint density at radius 1 is 1.24 bits per heavy atom. The average Bonchev–Trinajstić information content (AvgIpc) is 2.58. The normalized spacial score (nSPS) is 12.4. The van der Waals surface area contributed by atoms with Gasteiger partial charge in [0.25, 0.3) is 0 Å². The maximum atomic E-state index is 4.56. The minimum Gasteiger partial charge on any atom is -0.233 e. The highest BCUT2D eigenvalue weighted by Gasteiger charge is 2.03. The molecule has 0 radical (unpaired) electrons. The first kappa shape index (κ1) is 11.6. The predicted molar refractivity (Wildman–Crippen MR) is 72.4 cm³/mol. The number of benzene rings is 1. The van der Waals surface area contributed by atoms with Crippen LogP contribution in [-0.4, -0.2) is 9.78 Å². The van der Waals surface area contributed by atoms with Crippen molar-refractivity contribution < 1.29 is 0 Å². The molecule has 0 unspecified atom stereocenters. The van der Waals surface area contributed by atoms with Crippen molar-refractivity contribution in [2.75, 3.05) is 0 Å². The van der Waals surface area contributed by atoms with Gasteiger partial charge in [-0.05, 0) is 25.0 Å². The van der Waals surface area contributed by atoms with Gasteiger partial charge in [0, 0.05) is 5.22 Å². The third-order valence-electron chi connectivity index (χ3n) is 2.71. The zero-order chi connectivity index (χ0) is 12.4. The molecule has 1 heterocycles. The molecule has 0 aliphatic carbocycles. The van der Waals surface area contributed by atoms with Gasteiger partial charge >= 0.3 is 0 Å². The molecule has 2 aromatic rings. The number of para-hydroxylation sites is 1. The van der Waals surface area contributed by atoms with Gasteiger partial charge < -0.3 is 0 Å². The molecule has 0 saturated carbocycles. The lowest BCUT2D eigenvalue weighted by Crippen LogP contribution is -2.28. The summed E-state index contributed by atoms with van der Waals surface area (Å²) < 4.78 is 1.91. The fourth-order valence-electron chi connectivity index (χ4n) is 1.92. The second-order valence-corrected chi connectivity index (χ2v) is 4.60. The van der Waals surface area contributed by atoms with Crippen LogP contribution in [0.4, 0.5) is 0 Å². The molecule has 1 aromatic heterocycles. The molecule has 88 valence electrons. The minimum absolute atomic E-state index is 0.502. The summed E-state index contributed by atoms with van der Waals surface area (Å²) in [5.74, 6) is 0.502. The van der Waals surface area contributed by atoms with Crippen molar-refractivity contribution in [2.45, 2.75) is 20.8 Å². The second kappa shape index (κ2) is 4.58. The van der Waals surface area contributed by atoms with Gasteiger partial charge in [0.2, 0.25) is 0 Å². The molecule has 0 atom stereocenters. The Labute approximate surface area is 102 Å². The van der Waals surface area contributed by atoms with Crippen LogP contribution >= 0.6 is 0 Å². The number of hydrogen-bond acceptors (Lipinski definition) is 1. The van der Waals surface area contributed by atoms with E-state index in [1.54, 1.807) is 0 Å². The minimum atomic E-state index is 0.502. The summed E-state index contributed by atoms with van der Waals surface area (Å²) in [5.41, 5.74) is 2.09. The summed E-state index contributed by atoms with van der Waals surface area (Å²) in [6.45, 7) is 10.5. The highest BCUT2D eigenvalue weighted by molar-refractivity contribution is 5.35. The molecule has 1 aromatic carbocycles. The van der Waals surface area contributed by atoms with E-state index in [2.05, 4.69) is 31.6 Å². The molecule has 2 rings (SSSR count). The monoisotopic (exact) mass is 226 g/mol. The highest BCUT2D eigenvalue weighted by Crippen LogP contribution is 2.01. The Morgan fingerprint density at radius 3 is 2.47 bits per heavy atom. The highest BCUT2D eigenvalue weighted by atomic mass is 15.3. The van der Waals surface area contributed by atoms with E-state index in [-0.39, 0.29) is 0 Å². The Morgan fingerprint density at radius 2 is 1.88 bits per heavy atom. The third kappa shape index (κ3) is 2.31. The van der Waals surface area contributed by atoms with Crippen molar-refractivity contribution >= 4 is 12.7 Å². The second-order valence-electron chi connectivity index (χ2n) is 4.60. The molecule has 0 amide bonds. The van der Waals surface area contributed by atoms with Gasteiger partial charge in [0.1, 0.15) is 0 Å². The van der Waals surface area contributed by atoms with E-state index in [4.69, 9.17) is 0 Å². The van der Waals surface area contributed by atoms with E-state index in [0.717, 1.165) is 21.9 Å². The molecule has 17 heavy (non-hydrogen) atoms. The van der Waals surface area contributed by atoms with Crippen molar-refractivity contribution in [3.63, 3.8) is 0 Å². The first-order valence-electron chi connectivity index (χ1n) is 5.91. The van der Waals surface area contributed by atoms with Crippen LogP contribution in [0, 0.1) is 12.8 Å². The number of nitrogens with zero attached hydrogens (tertiary/aromatic N) is 2. The molecule has 0 fully saturated rings. The lowest BCUT2D eigenvalue weighted by atomic mass is 10.1. The van der Waals surface area contributed by atoms with E-state index >= 15 is 0 Å². The molecule has 0 aliphatic heterocycles. The number of hydrogen-bond donors (Lipinski definition) is 0. The maximum Gasteiger partial charge on any atom is 0.0673 e. The lowest BCUT2D eigenvalue weighted by molar-refractivity contribution is 0.840. The van der Waals surface area contributed by atoms with Crippen LogP contribution in [0.2, 0.25) is 0 Å². The van der Waals surface area contributed by atoms with Crippen molar-refractivity contribution in [1.82, 2.24) is 9.78 Å². The molecule has 0 N–H and O–H groups in total. The Balaban J connectivity index is 2.65. The fraction of sp³-hybridized carbons (Fsp3) is 0.267. The van der Waals surface area contributed by atoms with Crippen LogP contribution in [0.5, 0.6) is 0 Å². The molecular weight excluding hydrogens is 208 g/mol. The van der Waals surface area contributed by atoms with Gasteiger partial charge in [0.15, 0.2) is 0 Å². The molecule has 2 heteroatoms. The van der Waals surface area contributed by atoms with E-state index < -0.39 is 0 Å². The van der Waals surface area contributed by atoms with Gasteiger partial charge in [-0.2, -0.15) is 5.10 Å². The number of aromatic nitrogens is 2. The van der Waals surface area contributed by atoms with Gasteiger partial charge in [0.05, 0.1) is 16.7 Å². The number of aryl methyl sites for hydroxylation is 1. The molecule has 2 nitrogen and oxygen atoms in total. The molecule has 0 saturated heterocycles. The standard InChI is InChI=1S/C15H18N2/c1-11(2)10-15-12(3)16-17(13(15)4)14-8-6-5-7-9-14/h5-11H,4H2,1-3H3/b15-10-. The summed E-state index contributed by atoms with van der Waals surface area (Å²) in [7, 11) is 0. The van der Waals surface area contributed by atoms with Gasteiger partial charge in [-0.25, -0.2) is 4.68 Å². The maximum absolute atomic E-state index is 4.56. The zero-order valence-electron chi connectivity index (χ0n) is 10.6. The van der Waals surface area contributed by atoms with Gasteiger partial charge in [-0.15, -0.1) is 0 Å². The van der Waals surface area contributed by atoms with Gasteiger partial charge in [-0.1, -0.05) is 44.7 Å². The molecular formula is C15H18N2. The topological polar surface area (TPSA) is 17.8 Å². The third-order valence-corrected chi connectivity index (χ3v) is 2.71. The summed E-state index contributed by atoms with van der Waals surface area (Å²) in [6.07, 6.45) is 2.21. The van der Waals surface area contributed by atoms with Crippen molar-refractivity contribution in [3.05, 3.63) is 46.6 Å². The van der Waals surface area contributed by atoms with E-state index in [1.165, 1.54) is 0 Å². The van der Waals surface area contributed by atoms with E-state index in [1.807, 2.05) is 41.9 Å². The van der Waals surface area contributed by atoms with Crippen LogP contribution in [0.15, 0.2) is 30.3 Å². The molecule has 0 spiro atoms. The molecule has 0 aliphatic rings. The fourth-order valence-corrected chi connectivity index (χ4v) is 1.92. The average molecular weight is 226 g/mol. The number of rotatable bonds is 2. The van der Waals surface area contributed by atoms with Crippen molar-refractivity contribution in [1.29, 1.82) is 0 Å². The first-order chi connectivity index (χ1) is 8.09. The Kier molecular flexibility index (Phi) is 3.14. The zero-order valence-corrected chi connectivity index (χ0v) is 10.6. The Hall–Kier alpha value is -1.83. The smallest absolute Gasteiger partial charge is 0.0673 e. The Bertz CT molecular complexity index is 606. The summed E-state index contributed by atoms with van der Waals surface area (Å²) >= 11 is 0. The molecule has 0 bridgehead atoms. The van der Waals surface area contributed by atoms with Crippen LogP contribution < -0.4 is 10.6 Å².